The largest absolute Gasteiger partial charge is 0.493 e. The van der Waals surface area contributed by atoms with E-state index in [0.29, 0.717) is 24.1 Å². The van der Waals surface area contributed by atoms with Gasteiger partial charge in [0.25, 0.3) is 0 Å². The van der Waals surface area contributed by atoms with Crippen LogP contribution < -0.4 is 20.1 Å². The van der Waals surface area contributed by atoms with E-state index in [4.69, 9.17) is 14.2 Å². The Labute approximate surface area is 166 Å². The molecule has 0 heterocycles. The first-order valence-corrected chi connectivity index (χ1v) is 7.79. The van der Waals surface area contributed by atoms with E-state index in [1.54, 1.807) is 20.2 Å². The molecule has 0 aliphatic rings. The second-order valence-corrected chi connectivity index (χ2v) is 5.94. The monoisotopic (exact) mass is 465 g/mol. The lowest BCUT2D eigenvalue weighted by Gasteiger charge is -2.20. The molecule has 0 aromatic heterocycles. The Morgan fingerprint density at radius 1 is 1.24 bits per heavy atom. The number of carbonyl (C=O) groups is 1. The van der Waals surface area contributed by atoms with Gasteiger partial charge in [-0.05, 0) is 39.8 Å². The van der Waals surface area contributed by atoms with Crippen molar-refractivity contribution in [2.45, 2.75) is 33.3 Å². The Balaban J connectivity index is 0.00000576. The molecule has 7 nitrogen and oxygen atoms in total. The Bertz CT molecular complexity index is 586. The first kappa shape index (κ1) is 23.3. The maximum absolute atomic E-state index is 11.7. The zero-order valence-electron chi connectivity index (χ0n) is 15.6. The SMILES string of the molecule is CCOc1ccc(NC(=NC)NCC(=O)OC(C)(C)C)cc1OC.I. The van der Waals surface area contributed by atoms with Crippen molar-refractivity contribution < 1.29 is 19.0 Å². The van der Waals surface area contributed by atoms with Crippen molar-refractivity contribution in [1.29, 1.82) is 0 Å². The van der Waals surface area contributed by atoms with Gasteiger partial charge < -0.3 is 24.8 Å². The fourth-order valence-electron chi connectivity index (χ4n) is 1.87. The van der Waals surface area contributed by atoms with Crippen LogP contribution in [0.15, 0.2) is 23.2 Å². The number of ether oxygens (including phenoxy) is 3. The number of nitrogens with one attached hydrogen (secondary N) is 2. The molecule has 0 amide bonds. The molecule has 0 saturated heterocycles. The van der Waals surface area contributed by atoms with Crippen molar-refractivity contribution in [3.63, 3.8) is 0 Å². The maximum atomic E-state index is 11.7. The molecule has 25 heavy (non-hydrogen) atoms. The van der Waals surface area contributed by atoms with Crippen LogP contribution in [0.1, 0.15) is 27.7 Å². The first-order chi connectivity index (χ1) is 11.3. The molecule has 8 heteroatoms. The van der Waals surface area contributed by atoms with E-state index in [2.05, 4.69) is 15.6 Å². The molecule has 0 fully saturated rings. The number of nitrogens with zero attached hydrogens (tertiary/aromatic N) is 1. The number of halogens is 1. The van der Waals surface area contributed by atoms with E-state index in [0.717, 1.165) is 5.69 Å². The number of esters is 1. The molecule has 0 aliphatic carbocycles. The normalized spacial score (nSPS) is 11.2. The van der Waals surface area contributed by atoms with E-state index < -0.39 is 5.60 Å². The van der Waals surface area contributed by atoms with Gasteiger partial charge in [0.2, 0.25) is 0 Å². The van der Waals surface area contributed by atoms with Crippen LogP contribution in [0.25, 0.3) is 0 Å². The fraction of sp³-hybridized carbons (Fsp3) is 0.529. The van der Waals surface area contributed by atoms with Crippen LogP contribution in [0.3, 0.4) is 0 Å². The van der Waals surface area contributed by atoms with Gasteiger partial charge in [-0.3, -0.25) is 9.79 Å². The lowest BCUT2D eigenvalue weighted by atomic mass is 10.2. The summed E-state index contributed by atoms with van der Waals surface area (Å²) in [6, 6.07) is 5.45. The topological polar surface area (TPSA) is 81.2 Å². The van der Waals surface area contributed by atoms with Crippen molar-refractivity contribution in [3.05, 3.63) is 18.2 Å². The van der Waals surface area contributed by atoms with Gasteiger partial charge in [0.1, 0.15) is 12.1 Å². The predicted molar refractivity (Wildman–Crippen MR) is 110 cm³/mol. The summed E-state index contributed by atoms with van der Waals surface area (Å²) in [4.78, 5) is 15.8. The summed E-state index contributed by atoms with van der Waals surface area (Å²) in [5.74, 6) is 1.38. The van der Waals surface area contributed by atoms with Crippen LogP contribution in [-0.4, -0.2) is 44.8 Å². The number of anilines is 1. The Kier molecular flexibility index (Phi) is 10.3. The van der Waals surface area contributed by atoms with Crippen LogP contribution in [0.5, 0.6) is 11.5 Å². The summed E-state index contributed by atoms with van der Waals surface area (Å²) in [6.45, 7) is 7.96. The van der Waals surface area contributed by atoms with E-state index in [1.165, 1.54) is 0 Å². The number of guanidine groups is 1. The number of carbonyl (C=O) groups excluding carboxylic acids is 1. The van der Waals surface area contributed by atoms with Gasteiger partial charge in [-0.1, -0.05) is 0 Å². The summed E-state index contributed by atoms with van der Waals surface area (Å²) >= 11 is 0. The van der Waals surface area contributed by atoms with Gasteiger partial charge >= 0.3 is 5.97 Å². The molecule has 1 aromatic rings. The highest BCUT2D eigenvalue weighted by atomic mass is 127. The fourth-order valence-corrected chi connectivity index (χ4v) is 1.87. The quantitative estimate of drug-likeness (QED) is 0.291. The molecule has 1 aromatic carbocycles. The van der Waals surface area contributed by atoms with Gasteiger partial charge in [0, 0.05) is 18.8 Å². The molecular formula is C17H28IN3O4. The second-order valence-electron chi connectivity index (χ2n) is 5.94. The number of rotatable bonds is 6. The molecule has 0 radical (unpaired) electrons. The molecule has 142 valence electrons. The van der Waals surface area contributed by atoms with Crippen LogP contribution in [0.4, 0.5) is 5.69 Å². The number of aliphatic imine (C=N–C) groups is 1. The van der Waals surface area contributed by atoms with Crippen LogP contribution in [0, 0.1) is 0 Å². The third-order valence-corrected chi connectivity index (χ3v) is 2.77. The van der Waals surface area contributed by atoms with Gasteiger partial charge in [0.05, 0.1) is 13.7 Å². The number of benzene rings is 1. The Hall–Kier alpha value is -1.71. The third kappa shape index (κ3) is 8.80. The van der Waals surface area contributed by atoms with Crippen LogP contribution in [-0.2, 0) is 9.53 Å². The third-order valence-electron chi connectivity index (χ3n) is 2.77. The van der Waals surface area contributed by atoms with E-state index >= 15 is 0 Å². The number of methoxy groups -OCH3 is 1. The molecule has 0 unspecified atom stereocenters. The number of hydrogen-bond acceptors (Lipinski definition) is 5. The summed E-state index contributed by atoms with van der Waals surface area (Å²) in [7, 11) is 3.20. The van der Waals surface area contributed by atoms with Crippen LogP contribution >= 0.6 is 24.0 Å². The van der Waals surface area contributed by atoms with E-state index in [9.17, 15) is 4.79 Å². The standard InChI is InChI=1S/C17H27N3O4.HI/c1-7-23-13-9-8-12(10-14(13)22-6)20-16(18-5)19-11-15(21)24-17(2,3)4;/h8-10H,7,11H2,1-6H3,(H2,18,19,20);1H. The molecule has 0 aliphatic heterocycles. The minimum atomic E-state index is -0.516. The molecule has 0 spiro atoms. The Morgan fingerprint density at radius 3 is 2.44 bits per heavy atom. The van der Waals surface area contributed by atoms with Gasteiger partial charge in [-0.15, -0.1) is 24.0 Å². The van der Waals surface area contributed by atoms with Crippen molar-refractivity contribution in [3.8, 4) is 11.5 Å². The predicted octanol–water partition coefficient (Wildman–Crippen LogP) is 3.04. The van der Waals surface area contributed by atoms with Gasteiger partial charge in [-0.25, -0.2) is 0 Å². The molecular weight excluding hydrogens is 437 g/mol. The summed E-state index contributed by atoms with van der Waals surface area (Å²) in [5.41, 5.74) is 0.241. The second kappa shape index (κ2) is 11.0. The highest BCUT2D eigenvalue weighted by molar-refractivity contribution is 14.0. The Morgan fingerprint density at radius 2 is 1.92 bits per heavy atom. The molecule has 0 atom stereocenters. The molecule has 0 bridgehead atoms. The van der Waals surface area contributed by atoms with Gasteiger partial charge in [0.15, 0.2) is 17.5 Å². The van der Waals surface area contributed by atoms with Gasteiger partial charge in [-0.2, -0.15) is 0 Å². The number of hydrogen-bond donors (Lipinski definition) is 2. The summed E-state index contributed by atoms with van der Waals surface area (Å²) in [5, 5.41) is 6.00. The highest BCUT2D eigenvalue weighted by Gasteiger charge is 2.16. The molecule has 0 saturated carbocycles. The zero-order chi connectivity index (χ0) is 18.2. The van der Waals surface area contributed by atoms with E-state index in [-0.39, 0.29) is 36.5 Å². The highest BCUT2D eigenvalue weighted by Crippen LogP contribution is 2.30. The first-order valence-electron chi connectivity index (χ1n) is 7.79. The zero-order valence-corrected chi connectivity index (χ0v) is 18.0. The lowest BCUT2D eigenvalue weighted by molar-refractivity contribution is -0.153. The smallest absolute Gasteiger partial charge is 0.325 e. The minimum absolute atomic E-state index is 0. The lowest BCUT2D eigenvalue weighted by Crippen LogP contribution is -2.37. The molecule has 1 rings (SSSR count). The minimum Gasteiger partial charge on any atom is -0.493 e. The maximum Gasteiger partial charge on any atom is 0.325 e. The van der Waals surface area contributed by atoms with E-state index in [1.807, 2.05) is 39.8 Å². The average molecular weight is 465 g/mol. The van der Waals surface area contributed by atoms with Crippen molar-refractivity contribution in [2.24, 2.45) is 4.99 Å². The summed E-state index contributed by atoms with van der Waals surface area (Å²) in [6.07, 6.45) is 0. The van der Waals surface area contributed by atoms with Crippen LogP contribution in [0.2, 0.25) is 0 Å². The molecule has 2 N–H and O–H groups in total. The van der Waals surface area contributed by atoms with Crippen molar-refractivity contribution >= 4 is 41.6 Å². The van der Waals surface area contributed by atoms with Crippen molar-refractivity contribution in [1.82, 2.24) is 5.32 Å². The van der Waals surface area contributed by atoms with Crippen molar-refractivity contribution in [2.75, 3.05) is 32.6 Å². The summed E-state index contributed by atoms with van der Waals surface area (Å²) < 4.78 is 16.0. The average Bonchev–Trinajstić information content (AvgIpc) is 2.51.